The molecular formula is C22H37IN6. The highest BCUT2D eigenvalue weighted by molar-refractivity contribution is 14.0. The molecule has 0 radical (unpaired) electrons. The number of aromatic nitrogens is 2. The number of nitrogens with zero attached hydrogens (tertiary/aromatic N) is 4. The maximum absolute atomic E-state index is 4.35. The normalized spacial score (nSPS) is 11.4. The van der Waals surface area contributed by atoms with Crippen LogP contribution in [0.5, 0.6) is 0 Å². The highest BCUT2D eigenvalue weighted by Gasteiger charge is 2.04. The zero-order valence-corrected chi connectivity index (χ0v) is 20.4. The Balaban J connectivity index is 0.00000420. The van der Waals surface area contributed by atoms with E-state index >= 15 is 0 Å². The van der Waals surface area contributed by atoms with Gasteiger partial charge in [0.2, 0.25) is 0 Å². The molecule has 0 aliphatic heterocycles. The van der Waals surface area contributed by atoms with Crippen molar-refractivity contribution in [3.05, 3.63) is 53.9 Å². The maximum atomic E-state index is 4.35. The predicted octanol–water partition coefficient (Wildman–Crippen LogP) is 3.73. The fourth-order valence-electron chi connectivity index (χ4n) is 3.14. The molecule has 1 aromatic carbocycles. The summed E-state index contributed by atoms with van der Waals surface area (Å²) < 4.78 is 1.95. The monoisotopic (exact) mass is 512 g/mol. The van der Waals surface area contributed by atoms with Crippen molar-refractivity contribution in [3.8, 4) is 0 Å². The van der Waals surface area contributed by atoms with Crippen LogP contribution < -0.4 is 10.6 Å². The van der Waals surface area contributed by atoms with Crippen molar-refractivity contribution in [1.29, 1.82) is 0 Å². The summed E-state index contributed by atoms with van der Waals surface area (Å²) in [6.07, 6.45) is 10.2. The summed E-state index contributed by atoms with van der Waals surface area (Å²) in [6, 6.07) is 10.4. The zero-order valence-electron chi connectivity index (χ0n) is 18.1. The highest BCUT2D eigenvalue weighted by atomic mass is 127. The van der Waals surface area contributed by atoms with Crippen molar-refractivity contribution in [2.45, 2.75) is 45.2 Å². The van der Waals surface area contributed by atoms with Gasteiger partial charge in [-0.05, 0) is 50.7 Å². The van der Waals surface area contributed by atoms with E-state index in [1.807, 2.05) is 30.2 Å². The molecule has 0 spiro atoms. The van der Waals surface area contributed by atoms with E-state index in [1.165, 1.54) is 49.8 Å². The molecule has 0 bridgehead atoms. The third kappa shape index (κ3) is 10.7. The van der Waals surface area contributed by atoms with Crippen molar-refractivity contribution in [1.82, 2.24) is 25.3 Å². The minimum absolute atomic E-state index is 0. The van der Waals surface area contributed by atoms with Crippen LogP contribution >= 0.6 is 24.0 Å². The molecule has 29 heavy (non-hydrogen) atoms. The van der Waals surface area contributed by atoms with Crippen LogP contribution in [0.15, 0.2) is 47.7 Å². The van der Waals surface area contributed by atoms with Crippen LogP contribution in [0, 0.1) is 0 Å². The van der Waals surface area contributed by atoms with Gasteiger partial charge in [0.05, 0.1) is 6.54 Å². The number of nitrogens with one attached hydrogen (secondary N) is 2. The standard InChI is InChI=1S/C22H36N6.HI/c1-23-22(24-14-9-5-4-6-10-16-27(2)3)25-18-20-12-7-8-13-21(20)19-28-17-11-15-26-28;/h7-8,11-13,15,17H,4-6,9-10,14,16,18-19H2,1-3H3,(H2,23,24,25);1H. The summed E-state index contributed by atoms with van der Waals surface area (Å²) in [4.78, 5) is 6.60. The average Bonchev–Trinajstić information content (AvgIpc) is 3.20. The lowest BCUT2D eigenvalue weighted by Crippen LogP contribution is -2.37. The smallest absolute Gasteiger partial charge is 0.191 e. The number of hydrogen-bond acceptors (Lipinski definition) is 3. The van der Waals surface area contributed by atoms with Crippen LogP contribution in [0.2, 0.25) is 0 Å². The van der Waals surface area contributed by atoms with Crippen molar-refractivity contribution < 1.29 is 0 Å². The molecule has 0 saturated heterocycles. The minimum atomic E-state index is 0. The van der Waals surface area contributed by atoms with Gasteiger partial charge >= 0.3 is 0 Å². The van der Waals surface area contributed by atoms with E-state index in [2.05, 4.69) is 64.0 Å². The Kier molecular flexibility index (Phi) is 13.4. The SMILES string of the molecule is CN=C(NCCCCCCCN(C)C)NCc1ccccc1Cn1cccn1.I. The van der Waals surface area contributed by atoms with Gasteiger partial charge in [0.15, 0.2) is 5.96 Å². The third-order valence-corrected chi connectivity index (χ3v) is 4.75. The summed E-state index contributed by atoms with van der Waals surface area (Å²) in [5.41, 5.74) is 2.54. The third-order valence-electron chi connectivity index (χ3n) is 4.75. The number of rotatable bonds is 12. The Labute approximate surface area is 193 Å². The number of guanidine groups is 1. The van der Waals surface area contributed by atoms with Crippen LogP contribution in [-0.4, -0.2) is 54.9 Å². The topological polar surface area (TPSA) is 57.5 Å². The fraction of sp³-hybridized carbons (Fsp3) is 0.545. The molecule has 2 N–H and O–H groups in total. The molecule has 0 unspecified atom stereocenters. The van der Waals surface area contributed by atoms with E-state index in [0.717, 1.165) is 25.6 Å². The van der Waals surface area contributed by atoms with Crippen molar-refractivity contribution in [3.63, 3.8) is 0 Å². The highest BCUT2D eigenvalue weighted by Crippen LogP contribution is 2.10. The molecular weight excluding hydrogens is 475 g/mol. The van der Waals surface area contributed by atoms with Crippen LogP contribution in [0.3, 0.4) is 0 Å². The van der Waals surface area contributed by atoms with E-state index in [0.29, 0.717) is 0 Å². The molecule has 2 rings (SSSR count). The minimum Gasteiger partial charge on any atom is -0.356 e. The van der Waals surface area contributed by atoms with E-state index in [-0.39, 0.29) is 24.0 Å². The number of unbranched alkanes of at least 4 members (excludes halogenated alkanes) is 4. The lowest BCUT2D eigenvalue weighted by Gasteiger charge is -2.14. The van der Waals surface area contributed by atoms with Gasteiger partial charge in [0, 0.05) is 32.5 Å². The van der Waals surface area contributed by atoms with Crippen LogP contribution in [0.1, 0.15) is 43.2 Å². The van der Waals surface area contributed by atoms with Crippen LogP contribution in [0.25, 0.3) is 0 Å². The summed E-state index contributed by atoms with van der Waals surface area (Å²) in [5, 5.41) is 11.2. The molecule has 7 heteroatoms. The Morgan fingerprint density at radius 2 is 1.72 bits per heavy atom. The molecule has 0 saturated carbocycles. The summed E-state index contributed by atoms with van der Waals surface area (Å²) >= 11 is 0. The van der Waals surface area contributed by atoms with Gasteiger partial charge in [-0.15, -0.1) is 24.0 Å². The first-order valence-electron chi connectivity index (χ1n) is 10.3. The molecule has 0 aliphatic rings. The number of halogens is 1. The molecule has 0 amide bonds. The predicted molar refractivity (Wildman–Crippen MR) is 133 cm³/mol. The molecule has 0 fully saturated rings. The van der Waals surface area contributed by atoms with E-state index in [9.17, 15) is 0 Å². The molecule has 1 heterocycles. The maximum Gasteiger partial charge on any atom is 0.191 e. The fourth-order valence-corrected chi connectivity index (χ4v) is 3.14. The molecule has 6 nitrogen and oxygen atoms in total. The summed E-state index contributed by atoms with van der Waals surface area (Å²) in [7, 11) is 6.10. The van der Waals surface area contributed by atoms with Gasteiger partial charge in [-0.1, -0.05) is 43.5 Å². The lowest BCUT2D eigenvalue weighted by atomic mass is 10.1. The molecule has 0 aliphatic carbocycles. The van der Waals surface area contributed by atoms with Crippen molar-refractivity contribution >= 4 is 29.9 Å². The number of aliphatic imine (C=N–C) groups is 1. The van der Waals surface area contributed by atoms with Gasteiger partial charge < -0.3 is 15.5 Å². The Morgan fingerprint density at radius 1 is 1.00 bits per heavy atom. The molecule has 0 atom stereocenters. The quantitative estimate of drug-likeness (QED) is 0.197. The van der Waals surface area contributed by atoms with E-state index < -0.39 is 0 Å². The van der Waals surface area contributed by atoms with E-state index in [4.69, 9.17) is 0 Å². The second-order valence-corrected chi connectivity index (χ2v) is 7.40. The van der Waals surface area contributed by atoms with Gasteiger partial charge in [0.25, 0.3) is 0 Å². The number of benzene rings is 1. The Bertz CT molecular complexity index is 684. The first-order valence-corrected chi connectivity index (χ1v) is 10.3. The van der Waals surface area contributed by atoms with Crippen LogP contribution in [-0.2, 0) is 13.1 Å². The Hall–Kier alpha value is -1.61. The summed E-state index contributed by atoms with van der Waals surface area (Å²) in [6.45, 7) is 3.69. The summed E-state index contributed by atoms with van der Waals surface area (Å²) in [5.74, 6) is 0.863. The second-order valence-electron chi connectivity index (χ2n) is 7.40. The van der Waals surface area contributed by atoms with Crippen molar-refractivity contribution in [2.75, 3.05) is 34.2 Å². The molecule has 162 valence electrons. The van der Waals surface area contributed by atoms with Gasteiger partial charge in [-0.25, -0.2) is 0 Å². The van der Waals surface area contributed by atoms with Crippen LogP contribution in [0.4, 0.5) is 0 Å². The Morgan fingerprint density at radius 3 is 2.41 bits per heavy atom. The first-order chi connectivity index (χ1) is 13.7. The molecule has 2 aromatic rings. The molecule has 1 aromatic heterocycles. The van der Waals surface area contributed by atoms with E-state index in [1.54, 1.807) is 0 Å². The largest absolute Gasteiger partial charge is 0.356 e. The first kappa shape index (κ1) is 25.4. The average molecular weight is 512 g/mol. The van der Waals surface area contributed by atoms with Crippen molar-refractivity contribution in [2.24, 2.45) is 4.99 Å². The van der Waals surface area contributed by atoms with Gasteiger partial charge in [-0.2, -0.15) is 5.10 Å². The number of hydrogen-bond donors (Lipinski definition) is 2. The zero-order chi connectivity index (χ0) is 20.0. The van der Waals surface area contributed by atoms with Gasteiger partial charge in [0.1, 0.15) is 0 Å². The second kappa shape index (κ2) is 15.3. The lowest BCUT2D eigenvalue weighted by molar-refractivity contribution is 0.389. The van der Waals surface area contributed by atoms with Gasteiger partial charge in [-0.3, -0.25) is 9.67 Å².